The molecule has 0 radical (unpaired) electrons. The fourth-order valence-corrected chi connectivity index (χ4v) is 14.0. The van der Waals surface area contributed by atoms with Crippen molar-refractivity contribution in [1.82, 2.24) is 15.5 Å². The third kappa shape index (κ3) is 19.6. The van der Waals surface area contributed by atoms with Gasteiger partial charge in [-0.2, -0.15) is 21.4 Å². The number of allylic oxidation sites excluding steroid dienone is 7. The molecule has 21 heteroatoms. The molecular formula is C62H89N5O12S4. The molecule has 83 heavy (non-hydrogen) atoms. The number of amides is 3. The normalized spacial score (nSPS) is 18.1. The van der Waals surface area contributed by atoms with Gasteiger partial charge in [-0.25, -0.2) is 8.42 Å². The van der Waals surface area contributed by atoms with Crippen LogP contribution in [0.4, 0.5) is 11.4 Å². The van der Waals surface area contributed by atoms with Crippen LogP contribution < -0.4 is 15.5 Å². The van der Waals surface area contributed by atoms with E-state index in [4.69, 9.17) is 0 Å². The van der Waals surface area contributed by atoms with Crippen molar-refractivity contribution in [1.29, 1.82) is 0 Å². The van der Waals surface area contributed by atoms with E-state index in [1.807, 2.05) is 26.0 Å². The van der Waals surface area contributed by atoms with Crippen LogP contribution >= 0.6 is 11.8 Å². The highest BCUT2D eigenvalue weighted by atomic mass is 32.2. The van der Waals surface area contributed by atoms with Crippen LogP contribution in [-0.4, -0.2) is 122 Å². The van der Waals surface area contributed by atoms with Crippen molar-refractivity contribution in [2.75, 3.05) is 55.4 Å². The fourth-order valence-electron chi connectivity index (χ4n) is 11.8. The molecule has 1 aliphatic carbocycles. The van der Waals surface area contributed by atoms with Gasteiger partial charge in [-0.3, -0.25) is 28.4 Å². The number of hydrogen-bond donors (Lipinski definition) is 4. The molecule has 4 aliphatic rings. The van der Waals surface area contributed by atoms with Crippen molar-refractivity contribution in [2.24, 2.45) is 0 Å². The quantitative estimate of drug-likeness (QED) is 0.0214. The molecule has 0 unspecified atom stereocenters. The summed E-state index contributed by atoms with van der Waals surface area (Å²) in [6.07, 6.45) is 30.4. The summed E-state index contributed by atoms with van der Waals surface area (Å²) in [5.41, 5.74) is 7.80. The average Bonchev–Trinajstić information content (AvgIpc) is 3.85. The zero-order valence-electron chi connectivity index (χ0n) is 49.4. The summed E-state index contributed by atoms with van der Waals surface area (Å²) < 4.78 is 104. The fraction of sp³-hybridized carbons (Fsp3) is 0.581. The summed E-state index contributed by atoms with van der Waals surface area (Å²) in [7, 11) is -13.0. The molecule has 4 N–H and O–H groups in total. The Bertz CT molecular complexity index is 3180. The molecule has 0 atom stereocenters. The van der Waals surface area contributed by atoms with E-state index in [1.165, 1.54) is 34.9 Å². The molecule has 2 aromatic rings. The molecule has 458 valence electrons. The van der Waals surface area contributed by atoms with E-state index in [0.717, 1.165) is 161 Å². The van der Waals surface area contributed by atoms with E-state index in [0.29, 0.717) is 55.9 Å². The highest BCUT2D eigenvalue weighted by Crippen LogP contribution is 2.49. The number of nitrogens with zero attached hydrogens (tertiary/aromatic N) is 3. The molecular weight excluding hydrogens is 1130 g/mol. The molecule has 3 amide bonds. The van der Waals surface area contributed by atoms with Crippen molar-refractivity contribution in [3.05, 3.63) is 111 Å². The van der Waals surface area contributed by atoms with Crippen LogP contribution in [0.15, 0.2) is 105 Å². The first kappa shape index (κ1) is 67.2. The maximum atomic E-state index is 12.5. The number of anilines is 1. The van der Waals surface area contributed by atoms with Crippen LogP contribution in [0, 0.1) is 0 Å². The first-order valence-corrected chi connectivity index (χ1v) is 35.7. The number of hydrogen-bond acceptors (Lipinski definition) is 13. The number of fused-ring (bicyclic) bond motifs is 2. The topological polar surface area (TPSA) is 251 Å². The Kier molecular flexibility index (Phi) is 25.1. The molecule has 0 saturated carbocycles. The number of unbranched alkanes of at least 4 members (excludes halogenated alkanes) is 14. The first-order chi connectivity index (χ1) is 39.3. The zero-order valence-corrected chi connectivity index (χ0v) is 52.7. The lowest BCUT2D eigenvalue weighted by Crippen LogP contribution is -2.31. The predicted octanol–water partition coefficient (Wildman–Crippen LogP) is 11.1. The number of para-hydroxylation sites is 1. The van der Waals surface area contributed by atoms with Crippen LogP contribution in [0.2, 0.25) is 0 Å². The molecule has 0 fully saturated rings. The zero-order chi connectivity index (χ0) is 60.4. The van der Waals surface area contributed by atoms with E-state index < -0.39 is 41.5 Å². The van der Waals surface area contributed by atoms with Crippen molar-refractivity contribution < 1.29 is 57.9 Å². The van der Waals surface area contributed by atoms with Crippen LogP contribution in [0.3, 0.4) is 0 Å². The van der Waals surface area contributed by atoms with Gasteiger partial charge < -0.3 is 20.1 Å². The molecule has 0 saturated heterocycles. The molecule has 3 heterocycles. The summed E-state index contributed by atoms with van der Waals surface area (Å²) in [6, 6.07) is 12.8. The molecule has 17 nitrogen and oxygen atoms in total. The van der Waals surface area contributed by atoms with Gasteiger partial charge in [-0.1, -0.05) is 108 Å². The largest absolute Gasteiger partial charge is 0.748 e. The highest BCUT2D eigenvalue weighted by Gasteiger charge is 2.44. The number of thioether (sulfide) groups is 1. The van der Waals surface area contributed by atoms with Crippen molar-refractivity contribution in [2.45, 2.75) is 185 Å². The maximum absolute atomic E-state index is 12.5. The minimum atomic E-state index is -4.50. The van der Waals surface area contributed by atoms with Crippen molar-refractivity contribution in [3.63, 3.8) is 0 Å². The van der Waals surface area contributed by atoms with Crippen LogP contribution in [0.1, 0.15) is 180 Å². The number of imide groups is 1. The average molecular weight is 1220 g/mol. The van der Waals surface area contributed by atoms with E-state index in [-0.39, 0.29) is 46.6 Å². The second-order valence-electron chi connectivity index (χ2n) is 23.4. The second-order valence-corrected chi connectivity index (χ2v) is 28.8. The van der Waals surface area contributed by atoms with E-state index in [1.54, 1.807) is 12.3 Å². The Morgan fingerprint density at radius 2 is 1.34 bits per heavy atom. The molecule has 2 aromatic carbocycles. The summed E-state index contributed by atoms with van der Waals surface area (Å²) in [4.78, 5) is 40.5. The van der Waals surface area contributed by atoms with Gasteiger partial charge in [0.15, 0.2) is 5.71 Å². The number of benzene rings is 2. The third-order valence-corrected chi connectivity index (χ3v) is 19.6. The van der Waals surface area contributed by atoms with Crippen LogP contribution in [-0.2, 0) is 55.6 Å². The van der Waals surface area contributed by atoms with E-state index >= 15 is 0 Å². The van der Waals surface area contributed by atoms with Crippen molar-refractivity contribution >= 4 is 76.9 Å². The lowest BCUT2D eigenvalue weighted by Gasteiger charge is -2.28. The lowest BCUT2D eigenvalue weighted by molar-refractivity contribution is -0.438. The minimum absolute atomic E-state index is 0.105. The second kappa shape index (κ2) is 31.0. The predicted molar refractivity (Wildman–Crippen MR) is 330 cm³/mol. The first-order valence-electron chi connectivity index (χ1n) is 29.8. The Balaban J connectivity index is 1.06. The van der Waals surface area contributed by atoms with Gasteiger partial charge >= 0.3 is 0 Å². The van der Waals surface area contributed by atoms with Gasteiger partial charge in [0.1, 0.15) is 6.54 Å². The van der Waals surface area contributed by atoms with Crippen LogP contribution in [0.5, 0.6) is 0 Å². The summed E-state index contributed by atoms with van der Waals surface area (Å²) in [6.45, 7) is 11.2. The van der Waals surface area contributed by atoms with Gasteiger partial charge in [0.25, 0.3) is 32.1 Å². The standard InChI is InChI=1S/C62H89N5O12S4/c1-61(2)50-29-17-18-30-52(50)65(40-22-24-43-81(71,72)73)55(61)36-32-47-27-26-28-48(33-37-56-62(3,4)51-45-49(83(77,78)79)34-35-53(51)66(56)41-23-25-44-82(74,75)76)59(47)64-39-20-14-9-7-6-8-12-16-31-57(68)63-38-19-13-10-11-15-21-42-67-58(69)46-54(80-5)60(67)70/h17-18,29-30,32-37,45-46H,6-16,19-28,31,38-44H2,1-5H3,(H4,63,68,71,72,73,74,75,76,77,78,79)/b48-33+,56-37?. The Labute approximate surface area is 498 Å². The SMILES string of the molecule is CSC1=CC(=O)N(CCCCCCCCNC(=O)CCCCCCCCCCNC2=C(/C=C/C3=[N+](CCCCS(=O)(=O)[O-])c4ccccc4C3(C)C)CCC/C2=C\C=C2N(CCCCS(=O)(=O)O)c3ccc(S(=O)(=O)O)cc3C2(C)C)C1=O. The Hall–Kier alpha value is -4.90. The van der Waals surface area contributed by atoms with E-state index in [9.17, 15) is 53.3 Å². The van der Waals surface area contributed by atoms with Gasteiger partial charge in [0, 0.05) is 91.1 Å². The third-order valence-electron chi connectivity index (χ3n) is 16.4. The van der Waals surface area contributed by atoms with Gasteiger partial charge in [0.2, 0.25) is 11.6 Å². The monoisotopic (exact) mass is 1220 g/mol. The molecule has 3 aliphatic heterocycles. The maximum Gasteiger partial charge on any atom is 0.294 e. The van der Waals surface area contributed by atoms with Gasteiger partial charge in [-0.15, -0.1) is 11.8 Å². The van der Waals surface area contributed by atoms with Crippen LogP contribution in [0.25, 0.3) is 0 Å². The van der Waals surface area contributed by atoms with E-state index in [2.05, 4.69) is 70.4 Å². The molecule has 0 aromatic heterocycles. The lowest BCUT2D eigenvalue weighted by atomic mass is 9.81. The summed E-state index contributed by atoms with van der Waals surface area (Å²) in [5.74, 6) is -1.08. The smallest absolute Gasteiger partial charge is 0.294 e. The van der Waals surface area contributed by atoms with Gasteiger partial charge in [0.05, 0.1) is 31.1 Å². The van der Waals surface area contributed by atoms with Crippen molar-refractivity contribution in [3.8, 4) is 0 Å². The Morgan fingerprint density at radius 1 is 0.711 bits per heavy atom. The number of nitrogens with one attached hydrogen (secondary N) is 2. The number of carbonyl (C=O) groups is 3. The molecule has 0 bridgehead atoms. The van der Waals surface area contributed by atoms with Gasteiger partial charge in [-0.05, 0) is 125 Å². The number of rotatable bonds is 36. The summed E-state index contributed by atoms with van der Waals surface area (Å²) >= 11 is 1.31. The molecule has 6 rings (SSSR count). The highest BCUT2D eigenvalue weighted by molar-refractivity contribution is 8.03. The Morgan fingerprint density at radius 3 is 2.00 bits per heavy atom. The minimum Gasteiger partial charge on any atom is -0.748 e. The molecule has 0 spiro atoms. The number of carbonyl (C=O) groups excluding carboxylic acids is 3. The summed E-state index contributed by atoms with van der Waals surface area (Å²) in [5, 5.41) is 6.92.